The third-order valence-corrected chi connectivity index (χ3v) is 7.10. The van der Waals surface area contributed by atoms with E-state index in [4.69, 9.17) is 16.3 Å². The molecule has 4 aromatic carbocycles. The molecule has 1 aliphatic carbocycles. The fourth-order valence-electron chi connectivity index (χ4n) is 5.30. The predicted molar refractivity (Wildman–Crippen MR) is 137 cm³/mol. The number of allylic oxidation sites excluding steroid dienone is 2. The number of para-hydroxylation sites is 1. The summed E-state index contributed by atoms with van der Waals surface area (Å²) in [6.07, 6.45) is 8.50. The smallest absolute Gasteiger partial charge is 0.148 e. The summed E-state index contributed by atoms with van der Waals surface area (Å²) in [4.78, 5) is 0. The van der Waals surface area contributed by atoms with Gasteiger partial charge in [0.2, 0.25) is 0 Å². The quantitative estimate of drug-likeness (QED) is 0.268. The molecule has 5 aromatic rings. The SMILES string of the molecule is Clc1cc2c(c3c1c1ccccc1n3-c1ccc(-c3ccccc3)cc1)OC1C=CC=CC21. The molecule has 1 aliphatic heterocycles. The van der Waals surface area contributed by atoms with Gasteiger partial charge in [-0.1, -0.05) is 90.5 Å². The molecule has 158 valence electrons. The highest BCUT2D eigenvalue weighted by molar-refractivity contribution is 6.38. The van der Waals surface area contributed by atoms with E-state index in [1.54, 1.807) is 0 Å². The maximum absolute atomic E-state index is 6.95. The van der Waals surface area contributed by atoms with E-state index in [0.29, 0.717) is 0 Å². The molecular weight excluding hydrogens is 426 g/mol. The molecule has 0 amide bonds. The Hall–Kier alpha value is -3.75. The van der Waals surface area contributed by atoms with Crippen LogP contribution in [0.1, 0.15) is 11.5 Å². The Kier molecular flexibility index (Phi) is 4.06. The Morgan fingerprint density at radius 3 is 2.33 bits per heavy atom. The normalized spacial score (nSPS) is 18.5. The molecule has 2 unspecified atom stereocenters. The molecule has 0 saturated heterocycles. The van der Waals surface area contributed by atoms with Gasteiger partial charge < -0.3 is 9.30 Å². The summed E-state index contributed by atoms with van der Waals surface area (Å²) in [5, 5.41) is 2.95. The van der Waals surface area contributed by atoms with Crippen LogP contribution in [0.2, 0.25) is 5.02 Å². The van der Waals surface area contributed by atoms with Gasteiger partial charge in [0.15, 0.2) is 0 Å². The second kappa shape index (κ2) is 7.13. The first-order chi connectivity index (χ1) is 16.3. The van der Waals surface area contributed by atoms with Crippen molar-refractivity contribution in [1.29, 1.82) is 0 Å². The van der Waals surface area contributed by atoms with Gasteiger partial charge >= 0.3 is 0 Å². The molecule has 0 N–H and O–H groups in total. The van der Waals surface area contributed by atoms with Gasteiger partial charge in [-0.05, 0) is 41.5 Å². The third-order valence-electron chi connectivity index (χ3n) is 6.80. The van der Waals surface area contributed by atoms with Gasteiger partial charge in [-0.3, -0.25) is 0 Å². The highest BCUT2D eigenvalue weighted by Crippen LogP contribution is 2.50. The first-order valence-electron chi connectivity index (χ1n) is 11.2. The van der Waals surface area contributed by atoms with E-state index in [2.05, 4.69) is 108 Å². The molecule has 2 heterocycles. The topological polar surface area (TPSA) is 14.2 Å². The lowest BCUT2D eigenvalue weighted by Gasteiger charge is -2.14. The molecule has 2 nitrogen and oxygen atoms in total. The first-order valence-corrected chi connectivity index (χ1v) is 11.6. The van der Waals surface area contributed by atoms with E-state index < -0.39 is 0 Å². The lowest BCUT2D eigenvalue weighted by atomic mass is 9.91. The van der Waals surface area contributed by atoms with Crippen LogP contribution in [-0.4, -0.2) is 10.7 Å². The van der Waals surface area contributed by atoms with Gasteiger partial charge in [0.05, 0.1) is 16.1 Å². The van der Waals surface area contributed by atoms with Crippen LogP contribution >= 0.6 is 11.6 Å². The van der Waals surface area contributed by atoms with Crippen molar-refractivity contribution in [3.63, 3.8) is 0 Å². The van der Waals surface area contributed by atoms with Crippen LogP contribution in [0, 0.1) is 0 Å². The molecule has 3 heteroatoms. The molecule has 0 fully saturated rings. The van der Waals surface area contributed by atoms with E-state index in [-0.39, 0.29) is 12.0 Å². The second-order valence-electron chi connectivity index (χ2n) is 8.64. The van der Waals surface area contributed by atoms with E-state index in [1.807, 2.05) is 6.07 Å². The minimum absolute atomic E-state index is 0.0126. The number of hydrogen-bond acceptors (Lipinski definition) is 1. The van der Waals surface area contributed by atoms with E-state index in [9.17, 15) is 0 Å². The number of hydrogen-bond donors (Lipinski definition) is 0. The zero-order chi connectivity index (χ0) is 21.9. The third kappa shape index (κ3) is 2.74. The average Bonchev–Trinajstić information content (AvgIpc) is 3.41. The van der Waals surface area contributed by atoms with E-state index in [0.717, 1.165) is 43.8 Å². The summed E-state index contributed by atoms with van der Waals surface area (Å²) >= 11 is 6.95. The van der Waals surface area contributed by atoms with Crippen LogP contribution in [0.4, 0.5) is 0 Å². The molecule has 2 aliphatic rings. The number of rotatable bonds is 2. The molecule has 0 radical (unpaired) electrons. The Balaban J connectivity index is 1.51. The lowest BCUT2D eigenvalue weighted by molar-refractivity contribution is 0.271. The monoisotopic (exact) mass is 445 g/mol. The summed E-state index contributed by atoms with van der Waals surface area (Å²) < 4.78 is 8.85. The van der Waals surface area contributed by atoms with Gasteiger partial charge in [0.25, 0.3) is 0 Å². The molecule has 33 heavy (non-hydrogen) atoms. The largest absolute Gasteiger partial charge is 0.483 e. The summed E-state index contributed by atoms with van der Waals surface area (Å²) in [5.41, 5.74) is 6.82. The number of benzene rings is 4. The van der Waals surface area contributed by atoms with E-state index in [1.165, 1.54) is 11.1 Å². The molecular formula is C30H20ClNO. The molecule has 0 spiro atoms. The van der Waals surface area contributed by atoms with Gasteiger partial charge in [-0.15, -0.1) is 0 Å². The molecule has 1 aromatic heterocycles. The maximum Gasteiger partial charge on any atom is 0.148 e. The van der Waals surface area contributed by atoms with E-state index >= 15 is 0 Å². The van der Waals surface area contributed by atoms with Crippen molar-refractivity contribution in [2.75, 3.05) is 0 Å². The van der Waals surface area contributed by atoms with Crippen LogP contribution < -0.4 is 4.74 Å². The van der Waals surface area contributed by atoms with Crippen molar-refractivity contribution in [3.05, 3.63) is 120 Å². The Morgan fingerprint density at radius 1 is 0.758 bits per heavy atom. The first kappa shape index (κ1) is 18.8. The van der Waals surface area contributed by atoms with Crippen LogP contribution in [0.5, 0.6) is 5.75 Å². The fraction of sp³-hybridized carbons (Fsp3) is 0.0667. The molecule has 2 atom stereocenters. The zero-order valence-corrected chi connectivity index (χ0v) is 18.5. The summed E-state index contributed by atoms with van der Waals surface area (Å²) in [7, 11) is 0. The Bertz CT molecular complexity index is 1590. The number of nitrogens with zero attached hydrogens (tertiary/aromatic N) is 1. The molecule has 7 rings (SSSR count). The van der Waals surface area contributed by atoms with Crippen LogP contribution in [0.15, 0.2) is 109 Å². The Labute approximate surface area is 197 Å². The van der Waals surface area contributed by atoms with Crippen molar-refractivity contribution in [2.24, 2.45) is 0 Å². The van der Waals surface area contributed by atoms with Gasteiger partial charge in [-0.25, -0.2) is 0 Å². The van der Waals surface area contributed by atoms with Gasteiger partial charge in [0.1, 0.15) is 11.9 Å². The predicted octanol–water partition coefficient (Wildman–Crippen LogP) is 8.07. The summed E-state index contributed by atoms with van der Waals surface area (Å²) in [5.74, 6) is 1.13. The number of halogens is 1. The standard InChI is InChI=1S/C30H20ClNO/c31-25-18-24-22-10-5-7-13-27(22)33-30(24)29-28(25)23-11-4-6-12-26(23)32(29)21-16-14-20(15-17-21)19-8-2-1-3-9-19/h1-18,22,27H. The fourth-order valence-corrected chi connectivity index (χ4v) is 5.61. The molecule has 0 bridgehead atoms. The van der Waals surface area contributed by atoms with Crippen LogP contribution in [0.25, 0.3) is 38.6 Å². The van der Waals surface area contributed by atoms with Crippen LogP contribution in [0.3, 0.4) is 0 Å². The molecule has 0 saturated carbocycles. The summed E-state index contributed by atoms with van der Waals surface area (Å²) in [6, 6.07) is 29.7. The van der Waals surface area contributed by atoms with Gasteiger partial charge in [-0.2, -0.15) is 0 Å². The minimum Gasteiger partial charge on any atom is -0.483 e. The zero-order valence-electron chi connectivity index (χ0n) is 17.8. The lowest BCUT2D eigenvalue weighted by Crippen LogP contribution is -2.15. The summed E-state index contributed by atoms with van der Waals surface area (Å²) in [6.45, 7) is 0. The average molecular weight is 446 g/mol. The number of aromatic nitrogens is 1. The second-order valence-corrected chi connectivity index (χ2v) is 9.05. The highest BCUT2D eigenvalue weighted by atomic mass is 35.5. The maximum atomic E-state index is 6.95. The highest BCUT2D eigenvalue weighted by Gasteiger charge is 2.36. The van der Waals surface area contributed by atoms with Crippen molar-refractivity contribution in [2.45, 2.75) is 12.0 Å². The minimum atomic E-state index is 0.0126. The van der Waals surface area contributed by atoms with Crippen molar-refractivity contribution < 1.29 is 4.74 Å². The Morgan fingerprint density at radius 2 is 1.48 bits per heavy atom. The number of ether oxygens (including phenoxy) is 1. The van der Waals surface area contributed by atoms with Crippen molar-refractivity contribution >= 4 is 33.4 Å². The van der Waals surface area contributed by atoms with Crippen molar-refractivity contribution in [1.82, 2.24) is 4.57 Å². The van der Waals surface area contributed by atoms with Crippen LogP contribution in [-0.2, 0) is 0 Å². The van der Waals surface area contributed by atoms with Gasteiger partial charge in [0, 0.05) is 27.9 Å². The number of fused-ring (bicyclic) bond motifs is 7. The van der Waals surface area contributed by atoms with Crippen molar-refractivity contribution in [3.8, 4) is 22.6 Å².